The molecular weight excluding hydrogens is 178 g/mol. The van der Waals surface area contributed by atoms with Crippen molar-refractivity contribution in [3.05, 3.63) is 0 Å². The largest absolute Gasteiger partial charge is 0.340 e. The van der Waals surface area contributed by atoms with E-state index in [-0.39, 0.29) is 29.6 Å². The molecule has 0 aromatic rings. The molecule has 0 N–H and O–H groups in total. The van der Waals surface area contributed by atoms with Crippen LogP contribution in [0.5, 0.6) is 0 Å². The molecule has 0 bridgehead atoms. The van der Waals surface area contributed by atoms with Crippen molar-refractivity contribution in [2.75, 3.05) is 6.54 Å². The van der Waals surface area contributed by atoms with E-state index in [4.69, 9.17) is 0 Å². The number of amides is 1. The maximum atomic E-state index is 11.7. The lowest BCUT2D eigenvalue weighted by Gasteiger charge is -2.20. The van der Waals surface area contributed by atoms with Crippen molar-refractivity contribution in [2.24, 2.45) is 11.8 Å². The summed E-state index contributed by atoms with van der Waals surface area (Å²) in [6.45, 7) is 8.38. The Bertz CT molecular complexity index is 246. The molecule has 0 spiro atoms. The van der Waals surface area contributed by atoms with E-state index in [2.05, 4.69) is 0 Å². The summed E-state index contributed by atoms with van der Waals surface area (Å²) in [5.74, 6) is 0.324. The van der Waals surface area contributed by atoms with Crippen LogP contribution in [0.2, 0.25) is 0 Å². The number of rotatable bonds is 3. The molecule has 1 aliphatic heterocycles. The third-order valence-electron chi connectivity index (χ3n) is 2.75. The molecule has 1 unspecified atom stereocenters. The molecule has 14 heavy (non-hydrogen) atoms. The van der Waals surface area contributed by atoms with Gasteiger partial charge in [-0.1, -0.05) is 13.8 Å². The minimum atomic E-state index is -0.0649. The molecule has 1 fully saturated rings. The Kier molecular flexibility index (Phi) is 3.29. The summed E-state index contributed by atoms with van der Waals surface area (Å²) in [5, 5.41) is 0. The highest BCUT2D eigenvalue weighted by molar-refractivity contribution is 5.91. The molecule has 0 aliphatic carbocycles. The van der Waals surface area contributed by atoms with Crippen molar-refractivity contribution in [2.45, 2.75) is 40.2 Å². The Morgan fingerprint density at radius 3 is 2.29 bits per heavy atom. The fourth-order valence-electron chi connectivity index (χ4n) is 1.89. The lowest BCUT2D eigenvalue weighted by atomic mass is 9.95. The number of hydrogen-bond acceptors (Lipinski definition) is 2. The molecule has 1 heterocycles. The van der Waals surface area contributed by atoms with Gasteiger partial charge in [0.05, 0.1) is 0 Å². The van der Waals surface area contributed by atoms with Crippen LogP contribution in [-0.2, 0) is 9.59 Å². The van der Waals surface area contributed by atoms with Crippen LogP contribution in [0.1, 0.15) is 34.1 Å². The first-order valence-electron chi connectivity index (χ1n) is 5.26. The average molecular weight is 197 g/mol. The van der Waals surface area contributed by atoms with E-state index >= 15 is 0 Å². The summed E-state index contributed by atoms with van der Waals surface area (Å²) in [6.07, 6.45) is 0.412. The fourth-order valence-corrected chi connectivity index (χ4v) is 1.89. The number of Topliss-reactive ketones (excluding diaryl/α,β-unsaturated/α-hetero) is 1. The summed E-state index contributed by atoms with van der Waals surface area (Å²) in [6, 6.07) is 0.215. The topological polar surface area (TPSA) is 37.4 Å². The van der Waals surface area contributed by atoms with Gasteiger partial charge in [-0.15, -0.1) is 0 Å². The van der Waals surface area contributed by atoms with Crippen LogP contribution in [-0.4, -0.2) is 29.2 Å². The predicted molar refractivity (Wildman–Crippen MR) is 54.8 cm³/mol. The smallest absolute Gasteiger partial charge is 0.223 e. The van der Waals surface area contributed by atoms with Gasteiger partial charge in [0.25, 0.3) is 0 Å². The van der Waals surface area contributed by atoms with Gasteiger partial charge in [0.2, 0.25) is 5.91 Å². The third kappa shape index (κ3) is 2.14. The Hall–Kier alpha value is -0.860. The summed E-state index contributed by atoms with van der Waals surface area (Å²) in [4.78, 5) is 25.0. The Morgan fingerprint density at radius 2 is 1.93 bits per heavy atom. The quantitative estimate of drug-likeness (QED) is 0.687. The van der Waals surface area contributed by atoms with Crippen molar-refractivity contribution in [1.82, 2.24) is 4.90 Å². The first-order chi connectivity index (χ1) is 6.43. The number of likely N-dealkylation sites (tertiary alicyclic amines) is 1. The third-order valence-corrected chi connectivity index (χ3v) is 2.75. The van der Waals surface area contributed by atoms with Gasteiger partial charge in [-0.3, -0.25) is 9.59 Å². The van der Waals surface area contributed by atoms with Crippen molar-refractivity contribution < 1.29 is 9.59 Å². The lowest BCUT2D eigenvalue weighted by molar-refractivity contribution is -0.130. The van der Waals surface area contributed by atoms with E-state index in [9.17, 15) is 9.59 Å². The van der Waals surface area contributed by atoms with Crippen LogP contribution in [0.15, 0.2) is 0 Å². The minimum Gasteiger partial charge on any atom is -0.340 e. The molecule has 1 amide bonds. The van der Waals surface area contributed by atoms with Gasteiger partial charge in [0.1, 0.15) is 5.78 Å². The lowest BCUT2D eigenvalue weighted by Crippen LogP contribution is -2.33. The first-order valence-corrected chi connectivity index (χ1v) is 5.26. The maximum Gasteiger partial charge on any atom is 0.223 e. The van der Waals surface area contributed by atoms with Crippen LogP contribution in [0.4, 0.5) is 0 Å². The summed E-state index contributed by atoms with van der Waals surface area (Å²) < 4.78 is 0. The van der Waals surface area contributed by atoms with Crippen LogP contribution in [0.25, 0.3) is 0 Å². The summed E-state index contributed by atoms with van der Waals surface area (Å²) in [7, 11) is 0. The Balaban J connectivity index is 2.63. The minimum absolute atomic E-state index is 0.0416. The second-order valence-electron chi connectivity index (χ2n) is 4.60. The monoisotopic (exact) mass is 197 g/mol. The second kappa shape index (κ2) is 4.11. The summed E-state index contributed by atoms with van der Waals surface area (Å²) in [5.41, 5.74) is 0. The number of carbonyl (C=O) groups is 2. The zero-order chi connectivity index (χ0) is 10.9. The maximum absolute atomic E-state index is 11.7. The fraction of sp³-hybridized carbons (Fsp3) is 0.818. The van der Waals surface area contributed by atoms with Gasteiger partial charge in [-0.2, -0.15) is 0 Å². The van der Waals surface area contributed by atoms with Gasteiger partial charge in [-0.25, -0.2) is 0 Å². The molecule has 0 radical (unpaired) electrons. The molecule has 1 atom stereocenters. The molecule has 0 saturated carbocycles. The number of hydrogen-bond donors (Lipinski definition) is 0. The SMILES string of the molecule is CC(C)C(=O)C1CC(=O)N(C(C)C)C1. The van der Waals surface area contributed by atoms with E-state index < -0.39 is 0 Å². The summed E-state index contributed by atoms with van der Waals surface area (Å²) >= 11 is 0. The van der Waals surface area contributed by atoms with Gasteiger partial charge in [0, 0.05) is 30.8 Å². The molecule has 1 aliphatic rings. The zero-order valence-electron chi connectivity index (χ0n) is 9.41. The molecule has 0 aromatic carbocycles. The number of ketones is 1. The van der Waals surface area contributed by atoms with E-state index in [1.165, 1.54) is 0 Å². The van der Waals surface area contributed by atoms with Crippen molar-refractivity contribution in [1.29, 1.82) is 0 Å². The highest BCUT2D eigenvalue weighted by atomic mass is 16.2. The van der Waals surface area contributed by atoms with Crippen LogP contribution in [0, 0.1) is 11.8 Å². The first kappa shape index (κ1) is 11.2. The van der Waals surface area contributed by atoms with Gasteiger partial charge in [-0.05, 0) is 13.8 Å². The molecule has 3 nitrogen and oxygen atoms in total. The van der Waals surface area contributed by atoms with E-state index in [1.54, 1.807) is 4.90 Å². The molecule has 0 aromatic heterocycles. The van der Waals surface area contributed by atoms with Crippen LogP contribution < -0.4 is 0 Å². The van der Waals surface area contributed by atoms with Gasteiger partial charge < -0.3 is 4.90 Å². The molecule has 3 heteroatoms. The average Bonchev–Trinajstić information content (AvgIpc) is 2.45. The molecular formula is C11H19NO2. The van der Waals surface area contributed by atoms with Crippen LogP contribution >= 0.6 is 0 Å². The van der Waals surface area contributed by atoms with Crippen LogP contribution in [0.3, 0.4) is 0 Å². The van der Waals surface area contributed by atoms with Crippen molar-refractivity contribution in [3.8, 4) is 0 Å². The van der Waals surface area contributed by atoms with Crippen molar-refractivity contribution >= 4 is 11.7 Å². The normalized spacial score (nSPS) is 22.6. The standard InChI is InChI=1S/C11H19NO2/c1-7(2)11(14)9-5-10(13)12(6-9)8(3)4/h7-9H,5-6H2,1-4H3. The molecule has 1 rings (SSSR count). The second-order valence-corrected chi connectivity index (χ2v) is 4.60. The van der Waals surface area contributed by atoms with Crippen molar-refractivity contribution in [3.63, 3.8) is 0 Å². The predicted octanol–water partition coefficient (Wildman–Crippen LogP) is 1.47. The molecule has 80 valence electrons. The van der Waals surface area contributed by atoms with E-state index in [1.807, 2.05) is 27.7 Å². The number of carbonyl (C=O) groups excluding carboxylic acids is 2. The van der Waals surface area contributed by atoms with Gasteiger partial charge in [0.15, 0.2) is 0 Å². The highest BCUT2D eigenvalue weighted by Crippen LogP contribution is 2.23. The highest BCUT2D eigenvalue weighted by Gasteiger charge is 2.35. The zero-order valence-corrected chi connectivity index (χ0v) is 9.41. The van der Waals surface area contributed by atoms with Gasteiger partial charge >= 0.3 is 0 Å². The van der Waals surface area contributed by atoms with E-state index in [0.717, 1.165) is 0 Å². The van der Waals surface area contributed by atoms with E-state index in [0.29, 0.717) is 13.0 Å². The Labute approximate surface area is 85.5 Å². The Morgan fingerprint density at radius 1 is 1.36 bits per heavy atom. The molecule has 1 saturated heterocycles. The number of nitrogens with zero attached hydrogens (tertiary/aromatic N) is 1.